The minimum absolute atomic E-state index is 0.109. The van der Waals surface area contributed by atoms with Crippen molar-refractivity contribution in [1.82, 2.24) is 14.8 Å². The van der Waals surface area contributed by atoms with Crippen LogP contribution < -0.4 is 4.90 Å². The number of carbonyl (C=O) groups is 1. The largest absolute Gasteiger partial charge is 0.310 e. The Balaban J connectivity index is 1.40. The lowest BCUT2D eigenvalue weighted by molar-refractivity contribution is -0.116. The van der Waals surface area contributed by atoms with Crippen molar-refractivity contribution >= 4 is 46.7 Å². The van der Waals surface area contributed by atoms with E-state index in [1.165, 1.54) is 29.5 Å². The molecule has 5 nitrogen and oxygen atoms in total. The molecule has 0 spiro atoms. The van der Waals surface area contributed by atoms with Gasteiger partial charge >= 0.3 is 0 Å². The Morgan fingerprint density at radius 1 is 1.10 bits per heavy atom. The van der Waals surface area contributed by atoms with Gasteiger partial charge in [0.25, 0.3) is 0 Å². The number of hydrogen-bond acceptors (Lipinski definition) is 5. The number of hydrogen-bond donors (Lipinski definition) is 0. The molecule has 1 aliphatic heterocycles. The minimum Gasteiger partial charge on any atom is -0.310 e. The van der Waals surface area contributed by atoms with Gasteiger partial charge in [0.05, 0.1) is 16.5 Å². The molecule has 0 N–H and O–H groups in total. The van der Waals surface area contributed by atoms with Crippen molar-refractivity contribution in [2.75, 3.05) is 23.0 Å². The van der Waals surface area contributed by atoms with Gasteiger partial charge < -0.3 is 4.90 Å². The average molecular weight is 471 g/mol. The maximum atomic E-state index is 13.1. The average Bonchev–Trinajstić information content (AvgIpc) is 3.47. The summed E-state index contributed by atoms with van der Waals surface area (Å²) in [6.07, 6.45) is 4.62. The molecule has 0 atom stereocenters. The SMILES string of the molecule is O=C(CSc1nnc(-c2ccccc2Cl)n1C1CCCC1)N1CCSc2ccccc21. The van der Waals surface area contributed by atoms with E-state index < -0.39 is 0 Å². The summed E-state index contributed by atoms with van der Waals surface area (Å²) in [4.78, 5) is 16.2. The topological polar surface area (TPSA) is 51.0 Å². The van der Waals surface area contributed by atoms with Gasteiger partial charge in [-0.15, -0.1) is 22.0 Å². The van der Waals surface area contributed by atoms with E-state index in [-0.39, 0.29) is 5.91 Å². The second kappa shape index (κ2) is 9.27. The van der Waals surface area contributed by atoms with Gasteiger partial charge in [0.2, 0.25) is 5.91 Å². The lowest BCUT2D eigenvalue weighted by atomic mass is 10.2. The fourth-order valence-corrected chi connectivity index (χ4v) is 6.42. The maximum absolute atomic E-state index is 13.1. The van der Waals surface area contributed by atoms with E-state index >= 15 is 0 Å². The Labute approximate surface area is 195 Å². The van der Waals surface area contributed by atoms with Gasteiger partial charge in [-0.1, -0.05) is 60.5 Å². The summed E-state index contributed by atoms with van der Waals surface area (Å²) >= 11 is 9.76. The van der Waals surface area contributed by atoms with Crippen LogP contribution >= 0.6 is 35.1 Å². The van der Waals surface area contributed by atoms with E-state index in [0.29, 0.717) is 16.8 Å². The summed E-state index contributed by atoms with van der Waals surface area (Å²) < 4.78 is 2.21. The predicted octanol–water partition coefficient (Wildman–Crippen LogP) is 5.94. The van der Waals surface area contributed by atoms with Crippen LogP contribution in [0.5, 0.6) is 0 Å². The van der Waals surface area contributed by atoms with E-state index in [2.05, 4.69) is 20.8 Å². The smallest absolute Gasteiger partial charge is 0.237 e. The highest BCUT2D eigenvalue weighted by Crippen LogP contribution is 2.39. The van der Waals surface area contributed by atoms with E-state index in [1.807, 2.05) is 47.4 Å². The molecule has 1 aliphatic carbocycles. The highest BCUT2D eigenvalue weighted by atomic mass is 35.5. The number of rotatable bonds is 5. The predicted molar refractivity (Wildman–Crippen MR) is 128 cm³/mol. The van der Waals surface area contributed by atoms with E-state index in [0.717, 1.165) is 47.4 Å². The Morgan fingerprint density at radius 3 is 2.71 bits per heavy atom. The molecule has 5 rings (SSSR count). The molecule has 2 heterocycles. The van der Waals surface area contributed by atoms with Crippen molar-refractivity contribution in [3.63, 3.8) is 0 Å². The molecule has 1 saturated carbocycles. The minimum atomic E-state index is 0.109. The zero-order chi connectivity index (χ0) is 21.2. The number of benzene rings is 2. The molecular weight excluding hydrogens is 448 g/mol. The molecular formula is C23H23ClN4OS2. The Bertz CT molecular complexity index is 1100. The maximum Gasteiger partial charge on any atom is 0.237 e. The molecule has 1 amide bonds. The highest BCUT2D eigenvalue weighted by Gasteiger charge is 2.27. The van der Waals surface area contributed by atoms with E-state index in [1.54, 1.807) is 11.8 Å². The normalized spacial score (nSPS) is 16.5. The zero-order valence-electron chi connectivity index (χ0n) is 17.0. The van der Waals surface area contributed by atoms with Crippen LogP contribution in [0.3, 0.4) is 0 Å². The van der Waals surface area contributed by atoms with Gasteiger partial charge in [0, 0.05) is 28.8 Å². The van der Waals surface area contributed by atoms with Gasteiger partial charge in [-0.25, -0.2) is 0 Å². The van der Waals surface area contributed by atoms with Crippen LogP contribution in [0.25, 0.3) is 11.4 Å². The standard InChI is InChI=1S/C23H23ClN4OS2/c24-18-10-4-3-9-17(18)22-25-26-23(28(22)16-7-1-2-8-16)31-15-21(29)27-13-14-30-20-12-6-5-11-19(20)27/h3-6,9-12,16H,1-2,7-8,13-15H2. The van der Waals surface area contributed by atoms with Crippen LogP contribution in [0, 0.1) is 0 Å². The van der Waals surface area contributed by atoms with Crippen molar-refractivity contribution in [3.05, 3.63) is 53.6 Å². The summed E-state index contributed by atoms with van der Waals surface area (Å²) in [7, 11) is 0. The molecule has 0 saturated heterocycles. The molecule has 3 aromatic rings. The highest BCUT2D eigenvalue weighted by molar-refractivity contribution is 8.00. The molecule has 0 unspecified atom stereocenters. The number of anilines is 1. The Hall–Kier alpha value is -1.96. The summed E-state index contributed by atoms with van der Waals surface area (Å²) in [5, 5.41) is 10.5. The van der Waals surface area contributed by atoms with Crippen LogP contribution in [0.15, 0.2) is 58.6 Å². The fraction of sp³-hybridized carbons (Fsp3) is 0.348. The third kappa shape index (κ3) is 4.23. The summed E-state index contributed by atoms with van der Waals surface area (Å²) in [6.45, 7) is 0.737. The van der Waals surface area contributed by atoms with Gasteiger partial charge in [-0.3, -0.25) is 9.36 Å². The van der Waals surface area contributed by atoms with Crippen molar-refractivity contribution in [2.45, 2.75) is 41.8 Å². The molecule has 1 fully saturated rings. The van der Waals surface area contributed by atoms with Crippen molar-refractivity contribution in [1.29, 1.82) is 0 Å². The quantitative estimate of drug-likeness (QED) is 0.431. The molecule has 31 heavy (non-hydrogen) atoms. The molecule has 2 aliphatic rings. The third-order valence-electron chi connectivity index (χ3n) is 5.82. The van der Waals surface area contributed by atoms with Gasteiger partial charge in [-0.05, 0) is 37.1 Å². The third-order valence-corrected chi connectivity index (χ3v) is 8.12. The van der Waals surface area contributed by atoms with Gasteiger partial charge in [0.15, 0.2) is 11.0 Å². The van der Waals surface area contributed by atoms with Crippen molar-refractivity contribution in [2.24, 2.45) is 0 Å². The first-order valence-electron chi connectivity index (χ1n) is 10.6. The lowest BCUT2D eigenvalue weighted by Crippen LogP contribution is -2.36. The summed E-state index contributed by atoms with van der Waals surface area (Å²) in [6, 6.07) is 16.2. The fourth-order valence-electron chi connectivity index (χ4n) is 4.33. The molecule has 160 valence electrons. The van der Waals surface area contributed by atoms with E-state index in [9.17, 15) is 4.79 Å². The van der Waals surface area contributed by atoms with Crippen LogP contribution in [-0.4, -0.2) is 38.7 Å². The lowest BCUT2D eigenvalue weighted by Gasteiger charge is -2.28. The van der Waals surface area contributed by atoms with Crippen LogP contribution in [-0.2, 0) is 4.79 Å². The second-order valence-electron chi connectivity index (χ2n) is 7.74. The van der Waals surface area contributed by atoms with Crippen LogP contribution in [0.4, 0.5) is 5.69 Å². The first-order valence-corrected chi connectivity index (χ1v) is 12.9. The molecule has 8 heteroatoms. The number of aromatic nitrogens is 3. The number of thioether (sulfide) groups is 2. The van der Waals surface area contributed by atoms with Gasteiger partial charge in [0.1, 0.15) is 0 Å². The van der Waals surface area contributed by atoms with E-state index in [4.69, 9.17) is 11.6 Å². The molecule has 1 aromatic heterocycles. The number of halogens is 1. The Kier molecular flexibility index (Phi) is 6.25. The number of nitrogens with zero attached hydrogens (tertiary/aromatic N) is 4. The summed E-state index contributed by atoms with van der Waals surface area (Å²) in [5.41, 5.74) is 1.90. The summed E-state index contributed by atoms with van der Waals surface area (Å²) in [5.74, 6) is 2.17. The number of fused-ring (bicyclic) bond motifs is 1. The number of carbonyl (C=O) groups excluding carboxylic acids is 1. The number of para-hydroxylation sites is 1. The molecule has 0 bridgehead atoms. The van der Waals surface area contributed by atoms with Gasteiger partial charge in [-0.2, -0.15) is 0 Å². The van der Waals surface area contributed by atoms with Crippen LogP contribution in [0.2, 0.25) is 5.02 Å². The van der Waals surface area contributed by atoms with Crippen molar-refractivity contribution < 1.29 is 4.79 Å². The Morgan fingerprint density at radius 2 is 1.87 bits per heavy atom. The van der Waals surface area contributed by atoms with Crippen LogP contribution in [0.1, 0.15) is 31.7 Å². The zero-order valence-corrected chi connectivity index (χ0v) is 19.4. The number of amides is 1. The first-order chi connectivity index (χ1) is 15.2. The van der Waals surface area contributed by atoms with Crippen molar-refractivity contribution in [3.8, 4) is 11.4 Å². The first kappa shape index (κ1) is 20.9. The molecule has 0 radical (unpaired) electrons. The monoisotopic (exact) mass is 470 g/mol. The molecule has 2 aromatic carbocycles. The second-order valence-corrected chi connectivity index (χ2v) is 10.2.